The summed E-state index contributed by atoms with van der Waals surface area (Å²) in [6, 6.07) is -0.871. The van der Waals surface area contributed by atoms with E-state index in [4.69, 9.17) is 9.47 Å². The van der Waals surface area contributed by atoms with E-state index in [0.717, 1.165) is 25.7 Å². The number of nitrogens with one attached hydrogen (secondary N) is 1. The van der Waals surface area contributed by atoms with Gasteiger partial charge in [-0.3, -0.25) is 24.9 Å². The second-order valence-electron chi connectivity index (χ2n) is 11.1. The molecule has 2 saturated heterocycles. The van der Waals surface area contributed by atoms with Gasteiger partial charge in [0.15, 0.2) is 0 Å². The van der Waals surface area contributed by atoms with Gasteiger partial charge in [-0.05, 0) is 37.5 Å². The summed E-state index contributed by atoms with van der Waals surface area (Å²) in [6.07, 6.45) is 3.62. The fourth-order valence-electron chi connectivity index (χ4n) is 5.43. The summed E-state index contributed by atoms with van der Waals surface area (Å²) in [7, 11) is 0. The Kier molecular flexibility index (Phi) is 7.38. The van der Waals surface area contributed by atoms with E-state index in [2.05, 4.69) is 5.32 Å². The third-order valence-electron chi connectivity index (χ3n) is 7.59. The third-order valence-corrected chi connectivity index (χ3v) is 7.59. The van der Waals surface area contributed by atoms with E-state index in [-0.39, 0.29) is 30.4 Å². The number of rotatable bonds is 8. The maximum Gasteiger partial charge on any atom is 0.413 e. The molecule has 186 valence electrons. The van der Waals surface area contributed by atoms with E-state index < -0.39 is 28.9 Å². The van der Waals surface area contributed by atoms with Gasteiger partial charge < -0.3 is 14.4 Å². The molecule has 0 radical (unpaired) electrons. The average molecular weight is 468 g/mol. The largest absolute Gasteiger partial charge is 0.448 e. The van der Waals surface area contributed by atoms with Crippen LogP contribution in [0.1, 0.15) is 59.8 Å². The second-order valence-corrected chi connectivity index (χ2v) is 11.1. The number of imide groups is 1. The van der Waals surface area contributed by atoms with Crippen LogP contribution in [0, 0.1) is 22.2 Å². The lowest BCUT2D eigenvalue weighted by Gasteiger charge is -2.41. The van der Waals surface area contributed by atoms with E-state index in [1.165, 1.54) is 4.90 Å². The zero-order valence-corrected chi connectivity index (χ0v) is 20.1. The van der Waals surface area contributed by atoms with Crippen LogP contribution in [0.3, 0.4) is 0 Å². The highest BCUT2D eigenvalue weighted by molar-refractivity contribution is 5.98. The van der Waals surface area contributed by atoms with Gasteiger partial charge in [0.05, 0.1) is 25.2 Å². The lowest BCUT2D eigenvalue weighted by atomic mass is 9.74. The summed E-state index contributed by atoms with van der Waals surface area (Å²) in [6.45, 7) is 8.80. The predicted octanol–water partition coefficient (Wildman–Crippen LogP) is 1.95. The molecule has 0 aromatic carbocycles. The number of ether oxygens (including phenoxy) is 2. The first kappa shape index (κ1) is 25.4. The van der Waals surface area contributed by atoms with E-state index in [1.807, 2.05) is 20.8 Å². The van der Waals surface area contributed by atoms with Gasteiger partial charge in [0.25, 0.3) is 5.91 Å². The summed E-state index contributed by atoms with van der Waals surface area (Å²) in [5, 5.41) is 12.8. The Hall–Kier alpha value is -2.20. The molecule has 4 amide bonds. The van der Waals surface area contributed by atoms with Crippen LogP contribution in [0.5, 0.6) is 0 Å². The summed E-state index contributed by atoms with van der Waals surface area (Å²) < 4.78 is 10.4. The van der Waals surface area contributed by atoms with Crippen molar-refractivity contribution < 1.29 is 33.9 Å². The molecule has 1 aliphatic carbocycles. The molecule has 3 rings (SSSR count). The van der Waals surface area contributed by atoms with Crippen molar-refractivity contribution in [1.29, 1.82) is 0 Å². The maximum atomic E-state index is 13.9. The van der Waals surface area contributed by atoms with Crippen molar-refractivity contribution in [1.82, 2.24) is 15.3 Å². The van der Waals surface area contributed by atoms with E-state index in [9.17, 15) is 24.4 Å². The number of alkyl carbamates (subject to hydrolysis) is 1. The molecule has 0 aromatic rings. The molecule has 2 N–H and O–H groups in total. The number of amides is 4. The number of carbonyl (C=O) groups excluding carboxylic acids is 4. The zero-order chi connectivity index (χ0) is 24.4. The minimum Gasteiger partial charge on any atom is -0.448 e. The van der Waals surface area contributed by atoms with Crippen molar-refractivity contribution >= 4 is 24.3 Å². The summed E-state index contributed by atoms with van der Waals surface area (Å²) >= 11 is 0. The van der Waals surface area contributed by atoms with Crippen LogP contribution in [0.15, 0.2) is 0 Å². The van der Waals surface area contributed by atoms with Gasteiger partial charge in [-0.1, -0.05) is 33.6 Å². The Labute approximate surface area is 194 Å². The first-order valence-corrected chi connectivity index (χ1v) is 11.7. The number of hydrogen-bond acceptors (Lipinski definition) is 7. The van der Waals surface area contributed by atoms with Crippen molar-refractivity contribution in [2.24, 2.45) is 22.2 Å². The van der Waals surface area contributed by atoms with Gasteiger partial charge in [0.1, 0.15) is 12.6 Å². The second kappa shape index (κ2) is 9.58. The first-order valence-electron chi connectivity index (χ1n) is 11.7. The first-order chi connectivity index (χ1) is 15.4. The van der Waals surface area contributed by atoms with Crippen LogP contribution in [0.25, 0.3) is 0 Å². The van der Waals surface area contributed by atoms with Gasteiger partial charge in [-0.2, -0.15) is 0 Å². The van der Waals surface area contributed by atoms with Crippen molar-refractivity contribution in [3.05, 3.63) is 0 Å². The Balaban J connectivity index is 1.75. The van der Waals surface area contributed by atoms with Crippen LogP contribution in [-0.4, -0.2) is 78.4 Å². The Morgan fingerprint density at radius 3 is 2.42 bits per heavy atom. The average Bonchev–Trinajstić information content (AvgIpc) is 3.38. The van der Waals surface area contributed by atoms with Crippen molar-refractivity contribution in [2.75, 3.05) is 32.9 Å². The Morgan fingerprint density at radius 1 is 1.24 bits per heavy atom. The molecule has 33 heavy (non-hydrogen) atoms. The van der Waals surface area contributed by atoms with Gasteiger partial charge in [0.2, 0.25) is 12.3 Å². The van der Waals surface area contributed by atoms with Gasteiger partial charge in [0, 0.05) is 12.0 Å². The van der Waals surface area contributed by atoms with Crippen LogP contribution in [0.2, 0.25) is 0 Å². The maximum absolute atomic E-state index is 13.9. The van der Waals surface area contributed by atoms with E-state index in [0.29, 0.717) is 37.7 Å². The molecule has 10 nitrogen and oxygen atoms in total. The normalized spacial score (nSPS) is 25.6. The molecule has 0 aromatic heterocycles. The van der Waals surface area contributed by atoms with Gasteiger partial charge in [-0.25, -0.2) is 9.86 Å². The minimum atomic E-state index is -1.04. The van der Waals surface area contributed by atoms with Gasteiger partial charge >= 0.3 is 6.09 Å². The molecule has 2 aliphatic heterocycles. The molecular formula is C23H37N3O7. The van der Waals surface area contributed by atoms with Gasteiger partial charge in [-0.15, -0.1) is 0 Å². The van der Waals surface area contributed by atoms with Crippen LogP contribution >= 0.6 is 0 Å². The van der Waals surface area contributed by atoms with E-state index >= 15 is 0 Å². The fraction of sp³-hybridized carbons (Fsp3) is 0.826. The fourth-order valence-corrected chi connectivity index (χ4v) is 5.43. The summed E-state index contributed by atoms with van der Waals surface area (Å²) in [4.78, 5) is 52.0. The SMILES string of the molecule is CC1(COC(=O)NC(=O)[C@H]2N(C(=O)[C@@](C)(CN(O)C=O)C3CCCC3)CCC2(C)C)COC1. The van der Waals surface area contributed by atoms with Crippen LogP contribution < -0.4 is 5.32 Å². The number of hydroxylamine groups is 2. The van der Waals surface area contributed by atoms with E-state index in [1.54, 1.807) is 6.92 Å². The standard InChI is InChI=1S/C23H37N3O7/c1-21(2)9-10-26(17(21)18(28)24-20(30)33-14-22(3)12-32-13-22)19(29)23(4,11-25(31)15-27)16-7-5-6-8-16/h15-17,31H,5-14H2,1-4H3,(H,24,28,30)/t17-,23+/m1/s1. The lowest BCUT2D eigenvalue weighted by Crippen LogP contribution is -2.58. The number of hydrogen-bond donors (Lipinski definition) is 2. The van der Waals surface area contributed by atoms with Crippen molar-refractivity contribution in [3.8, 4) is 0 Å². The molecule has 3 aliphatic rings. The Morgan fingerprint density at radius 2 is 1.88 bits per heavy atom. The molecule has 1 saturated carbocycles. The number of likely N-dealkylation sites (tertiary alicyclic amines) is 1. The number of carbonyl (C=O) groups is 4. The monoisotopic (exact) mass is 467 g/mol. The molecule has 0 spiro atoms. The topological polar surface area (TPSA) is 125 Å². The molecule has 2 heterocycles. The molecule has 0 unspecified atom stereocenters. The summed E-state index contributed by atoms with van der Waals surface area (Å²) in [5.41, 5.74) is -1.84. The molecular weight excluding hydrogens is 430 g/mol. The molecule has 10 heteroatoms. The quantitative estimate of drug-likeness (QED) is 0.317. The highest BCUT2D eigenvalue weighted by atomic mass is 16.6. The van der Waals surface area contributed by atoms with Crippen LogP contribution in [-0.2, 0) is 23.9 Å². The highest BCUT2D eigenvalue weighted by Gasteiger charge is 2.53. The zero-order valence-electron chi connectivity index (χ0n) is 20.1. The third kappa shape index (κ3) is 5.32. The highest BCUT2D eigenvalue weighted by Crippen LogP contribution is 2.45. The van der Waals surface area contributed by atoms with Crippen molar-refractivity contribution in [2.45, 2.75) is 65.8 Å². The Bertz CT molecular complexity index is 776. The lowest BCUT2D eigenvalue weighted by molar-refractivity contribution is -0.169. The van der Waals surface area contributed by atoms with Crippen LogP contribution in [0.4, 0.5) is 4.79 Å². The summed E-state index contributed by atoms with van der Waals surface area (Å²) in [5.74, 6) is -0.883. The smallest absolute Gasteiger partial charge is 0.413 e. The minimum absolute atomic E-state index is 0.0116. The molecule has 2 atom stereocenters. The molecule has 3 fully saturated rings. The predicted molar refractivity (Wildman–Crippen MR) is 117 cm³/mol. The van der Waals surface area contributed by atoms with Crippen molar-refractivity contribution in [3.63, 3.8) is 0 Å². The molecule has 0 bridgehead atoms. The number of nitrogens with zero attached hydrogens (tertiary/aromatic N) is 2.